The van der Waals surface area contributed by atoms with Crippen molar-refractivity contribution in [3.63, 3.8) is 0 Å². The van der Waals surface area contributed by atoms with Gasteiger partial charge in [-0.05, 0) is 0 Å². The summed E-state index contributed by atoms with van der Waals surface area (Å²) in [5, 5.41) is 3.78. The monoisotopic (exact) mass is 158 g/mol. The summed E-state index contributed by atoms with van der Waals surface area (Å²) < 4.78 is 4.03. The van der Waals surface area contributed by atoms with Gasteiger partial charge in [-0.3, -0.25) is 0 Å². The first kappa shape index (κ1) is 7.27. The third-order valence-corrected chi connectivity index (χ3v) is 1.91. The van der Waals surface area contributed by atoms with E-state index in [9.17, 15) is 0 Å². The molecule has 0 spiro atoms. The summed E-state index contributed by atoms with van der Waals surface area (Å²) in [6.07, 6.45) is 0. The maximum absolute atomic E-state index is 4.15. The number of anilines is 2. The van der Waals surface area contributed by atoms with Crippen LogP contribution in [0.1, 0.15) is 0 Å². The highest BCUT2D eigenvalue weighted by Gasteiger charge is 2.01. The molecule has 0 fully saturated rings. The minimum Gasteiger partial charge on any atom is -0.356 e. The molecule has 0 radical (unpaired) electrons. The van der Waals surface area contributed by atoms with Crippen LogP contribution in [0, 0.1) is 0 Å². The molecule has 0 unspecified atom stereocenters. The molecule has 0 bridgehead atoms. The van der Waals surface area contributed by atoms with Crippen LogP contribution >= 0.6 is 11.5 Å². The lowest BCUT2D eigenvalue weighted by Gasteiger charge is -2.03. The Morgan fingerprint density at radius 2 is 2.20 bits per heavy atom. The van der Waals surface area contributed by atoms with Crippen molar-refractivity contribution in [2.45, 2.75) is 0 Å². The summed E-state index contributed by atoms with van der Waals surface area (Å²) in [5.41, 5.74) is 0. The van der Waals surface area contributed by atoms with Gasteiger partial charge >= 0.3 is 0 Å². The summed E-state index contributed by atoms with van der Waals surface area (Å²) in [6.45, 7) is 0. The van der Waals surface area contributed by atoms with E-state index in [0.29, 0.717) is 5.95 Å². The molecule has 1 rings (SSSR count). The van der Waals surface area contributed by atoms with Crippen LogP contribution in [-0.2, 0) is 0 Å². The van der Waals surface area contributed by atoms with Crippen molar-refractivity contribution >= 4 is 22.6 Å². The SMILES string of the molecule is CNc1nsc(N(C)C)n1. The molecule has 0 aliphatic heterocycles. The molecule has 0 aromatic carbocycles. The molecular formula is C5H10N4S. The average molecular weight is 158 g/mol. The van der Waals surface area contributed by atoms with E-state index < -0.39 is 0 Å². The van der Waals surface area contributed by atoms with Crippen molar-refractivity contribution in [3.8, 4) is 0 Å². The molecule has 0 saturated heterocycles. The predicted molar refractivity (Wildman–Crippen MR) is 43.8 cm³/mol. The Balaban J connectivity index is 2.78. The van der Waals surface area contributed by atoms with Gasteiger partial charge in [-0.25, -0.2) is 0 Å². The van der Waals surface area contributed by atoms with E-state index in [1.54, 1.807) is 0 Å². The van der Waals surface area contributed by atoms with Gasteiger partial charge in [-0.2, -0.15) is 9.36 Å². The maximum atomic E-state index is 4.15. The number of hydrogen-bond donors (Lipinski definition) is 1. The van der Waals surface area contributed by atoms with Gasteiger partial charge in [0.2, 0.25) is 11.1 Å². The highest BCUT2D eigenvalue weighted by Crippen LogP contribution is 2.15. The van der Waals surface area contributed by atoms with Crippen LogP contribution in [-0.4, -0.2) is 30.5 Å². The first-order valence-corrected chi connectivity index (χ1v) is 3.70. The zero-order chi connectivity index (χ0) is 7.56. The van der Waals surface area contributed by atoms with Crippen LogP contribution in [0.5, 0.6) is 0 Å². The maximum Gasteiger partial charge on any atom is 0.236 e. The molecule has 1 heterocycles. The van der Waals surface area contributed by atoms with Crippen LogP contribution in [0.3, 0.4) is 0 Å². The van der Waals surface area contributed by atoms with Crippen molar-refractivity contribution in [1.29, 1.82) is 0 Å². The second-order valence-electron chi connectivity index (χ2n) is 2.04. The van der Waals surface area contributed by atoms with Crippen LogP contribution < -0.4 is 10.2 Å². The molecular weight excluding hydrogens is 148 g/mol. The summed E-state index contributed by atoms with van der Waals surface area (Å²) in [5.74, 6) is 0.689. The zero-order valence-electron chi connectivity index (χ0n) is 6.25. The lowest BCUT2D eigenvalue weighted by molar-refractivity contribution is 1.10. The highest BCUT2D eigenvalue weighted by atomic mass is 32.1. The van der Waals surface area contributed by atoms with Crippen molar-refractivity contribution in [2.24, 2.45) is 0 Å². The fourth-order valence-corrected chi connectivity index (χ4v) is 1.09. The van der Waals surface area contributed by atoms with Gasteiger partial charge in [0.15, 0.2) is 0 Å². The lowest BCUT2D eigenvalue weighted by Crippen LogP contribution is -2.07. The van der Waals surface area contributed by atoms with Gasteiger partial charge in [0, 0.05) is 32.7 Å². The third-order valence-electron chi connectivity index (χ3n) is 1.02. The van der Waals surface area contributed by atoms with E-state index in [1.165, 1.54) is 11.5 Å². The second-order valence-corrected chi connectivity index (χ2v) is 2.78. The Bertz CT molecular complexity index is 207. The molecule has 56 valence electrons. The molecule has 0 saturated carbocycles. The molecule has 1 aromatic rings. The minimum absolute atomic E-state index is 0.689. The Kier molecular flexibility index (Phi) is 2.06. The number of aromatic nitrogens is 2. The molecule has 0 amide bonds. The Morgan fingerprint density at radius 1 is 1.50 bits per heavy atom. The van der Waals surface area contributed by atoms with Gasteiger partial charge in [-0.1, -0.05) is 0 Å². The first-order chi connectivity index (χ1) is 4.74. The van der Waals surface area contributed by atoms with E-state index in [-0.39, 0.29) is 0 Å². The number of nitrogens with one attached hydrogen (secondary N) is 1. The Morgan fingerprint density at radius 3 is 2.50 bits per heavy atom. The standard InChI is InChI=1S/C5H10N4S/c1-6-4-7-5(9(2)3)10-8-4/h1-3H3,(H,6,8). The summed E-state index contributed by atoms with van der Waals surface area (Å²) in [6, 6.07) is 0. The van der Waals surface area contributed by atoms with Gasteiger partial charge in [0.05, 0.1) is 0 Å². The average Bonchev–Trinajstić information content (AvgIpc) is 2.34. The normalized spacial score (nSPS) is 9.50. The van der Waals surface area contributed by atoms with Gasteiger partial charge in [-0.15, -0.1) is 0 Å². The number of hydrogen-bond acceptors (Lipinski definition) is 5. The summed E-state index contributed by atoms with van der Waals surface area (Å²) >= 11 is 1.38. The fourth-order valence-electron chi connectivity index (χ4n) is 0.499. The quantitative estimate of drug-likeness (QED) is 0.686. The fraction of sp³-hybridized carbons (Fsp3) is 0.600. The molecule has 0 atom stereocenters. The first-order valence-electron chi connectivity index (χ1n) is 2.93. The van der Waals surface area contributed by atoms with Gasteiger partial charge in [0.25, 0.3) is 0 Å². The smallest absolute Gasteiger partial charge is 0.236 e. The minimum atomic E-state index is 0.689. The topological polar surface area (TPSA) is 41.1 Å². The van der Waals surface area contributed by atoms with Crippen molar-refractivity contribution in [2.75, 3.05) is 31.4 Å². The molecule has 0 aliphatic rings. The van der Waals surface area contributed by atoms with Crippen LogP contribution in [0.2, 0.25) is 0 Å². The molecule has 0 aliphatic carbocycles. The molecule has 5 heteroatoms. The van der Waals surface area contributed by atoms with E-state index in [2.05, 4.69) is 14.7 Å². The van der Waals surface area contributed by atoms with Crippen LogP contribution in [0.25, 0.3) is 0 Å². The van der Waals surface area contributed by atoms with E-state index in [0.717, 1.165) is 5.13 Å². The van der Waals surface area contributed by atoms with Crippen molar-refractivity contribution in [3.05, 3.63) is 0 Å². The van der Waals surface area contributed by atoms with Gasteiger partial charge in [0.1, 0.15) is 0 Å². The number of nitrogens with zero attached hydrogens (tertiary/aromatic N) is 3. The third kappa shape index (κ3) is 1.36. The molecule has 1 N–H and O–H groups in total. The molecule has 1 aromatic heterocycles. The largest absolute Gasteiger partial charge is 0.356 e. The van der Waals surface area contributed by atoms with Crippen LogP contribution in [0.15, 0.2) is 0 Å². The lowest BCUT2D eigenvalue weighted by atomic mass is 10.9. The van der Waals surface area contributed by atoms with E-state index in [1.807, 2.05) is 26.0 Å². The predicted octanol–water partition coefficient (Wildman–Crippen LogP) is 0.646. The Hall–Kier alpha value is -0.840. The molecule has 4 nitrogen and oxygen atoms in total. The number of rotatable bonds is 2. The second kappa shape index (κ2) is 2.83. The van der Waals surface area contributed by atoms with E-state index >= 15 is 0 Å². The molecule has 10 heavy (non-hydrogen) atoms. The highest BCUT2D eigenvalue weighted by molar-refractivity contribution is 7.09. The van der Waals surface area contributed by atoms with E-state index in [4.69, 9.17) is 0 Å². The van der Waals surface area contributed by atoms with Gasteiger partial charge < -0.3 is 10.2 Å². The van der Waals surface area contributed by atoms with Crippen molar-refractivity contribution < 1.29 is 0 Å². The van der Waals surface area contributed by atoms with Crippen molar-refractivity contribution in [1.82, 2.24) is 9.36 Å². The summed E-state index contributed by atoms with van der Waals surface area (Å²) in [4.78, 5) is 6.08. The van der Waals surface area contributed by atoms with Crippen LogP contribution in [0.4, 0.5) is 11.1 Å². The Labute approximate surface area is 64.1 Å². The zero-order valence-corrected chi connectivity index (χ0v) is 7.07. The summed E-state index contributed by atoms with van der Waals surface area (Å²) in [7, 11) is 5.70.